The zero-order valence-electron chi connectivity index (χ0n) is 23.6. The maximum atomic E-state index is 11.2. The average molecular weight is 490 g/mol. The van der Waals surface area contributed by atoms with Gasteiger partial charge >= 0.3 is 0 Å². The van der Waals surface area contributed by atoms with E-state index in [4.69, 9.17) is 5.21 Å². The number of hydrogen-bond donors (Lipinski definition) is 3. The molecule has 0 spiro atoms. The van der Waals surface area contributed by atoms with E-state index in [-0.39, 0.29) is 5.56 Å². The molecule has 7 heteroatoms. The lowest BCUT2D eigenvalue weighted by atomic mass is 9.98. The molecule has 2 heterocycles. The Kier molecular flexibility index (Phi) is 27.2. The van der Waals surface area contributed by atoms with E-state index in [1.807, 2.05) is 79.0 Å². The average Bonchev–Trinajstić information content (AvgIpc) is 3.29. The van der Waals surface area contributed by atoms with Crippen molar-refractivity contribution in [2.45, 2.75) is 55.4 Å². The van der Waals surface area contributed by atoms with E-state index in [2.05, 4.69) is 47.2 Å². The highest BCUT2D eigenvalue weighted by molar-refractivity contribution is 5.92. The monoisotopic (exact) mass is 489 g/mol. The molecule has 0 bridgehead atoms. The lowest BCUT2D eigenvalue weighted by molar-refractivity contribution is 0.0705. The van der Waals surface area contributed by atoms with Gasteiger partial charge < -0.3 is 10.2 Å². The Labute approximate surface area is 215 Å². The van der Waals surface area contributed by atoms with Crippen LogP contribution in [-0.4, -0.2) is 47.8 Å². The summed E-state index contributed by atoms with van der Waals surface area (Å²) < 4.78 is 0. The van der Waals surface area contributed by atoms with Crippen molar-refractivity contribution in [3.8, 4) is 0 Å². The molecule has 1 saturated heterocycles. The van der Waals surface area contributed by atoms with E-state index in [1.165, 1.54) is 12.4 Å². The van der Waals surface area contributed by atoms with Gasteiger partial charge in [0.25, 0.3) is 5.91 Å². The van der Waals surface area contributed by atoms with E-state index in [0.717, 1.165) is 19.6 Å². The molecule has 2 rings (SSSR count). The largest absolute Gasteiger partial charge is 0.340 e. The smallest absolute Gasteiger partial charge is 0.277 e. The van der Waals surface area contributed by atoms with Crippen LogP contribution in [0.3, 0.4) is 0 Å². The summed E-state index contributed by atoms with van der Waals surface area (Å²) in [6.07, 6.45) is 14.5. The van der Waals surface area contributed by atoms with Crippen LogP contribution in [0.5, 0.6) is 0 Å². The van der Waals surface area contributed by atoms with Crippen LogP contribution >= 0.6 is 0 Å². The number of nitrogens with zero attached hydrogens (tertiary/aromatic N) is 3. The van der Waals surface area contributed by atoms with Crippen LogP contribution in [0.2, 0.25) is 0 Å². The van der Waals surface area contributed by atoms with Crippen LogP contribution in [-0.2, 0) is 0 Å². The number of hydroxylamine groups is 1. The Hall–Kier alpha value is -2.77. The predicted octanol–water partition coefficient (Wildman–Crippen LogP) is 6.07. The number of aromatic nitrogens is 2. The van der Waals surface area contributed by atoms with Gasteiger partial charge in [-0.15, -0.1) is 6.58 Å². The van der Waals surface area contributed by atoms with Gasteiger partial charge in [0.05, 0.1) is 5.56 Å². The molecule has 1 fully saturated rings. The molecule has 1 amide bonds. The number of rotatable bonds is 7. The fourth-order valence-electron chi connectivity index (χ4n) is 2.72. The van der Waals surface area contributed by atoms with Crippen LogP contribution in [0.15, 0.2) is 62.0 Å². The van der Waals surface area contributed by atoms with Crippen molar-refractivity contribution < 1.29 is 10.0 Å². The minimum absolute atomic E-state index is 0.241. The van der Waals surface area contributed by atoms with E-state index in [1.54, 1.807) is 11.6 Å². The minimum atomic E-state index is -0.602. The predicted molar refractivity (Wildman–Crippen MR) is 152 cm³/mol. The first-order chi connectivity index (χ1) is 16.9. The summed E-state index contributed by atoms with van der Waals surface area (Å²) in [5.41, 5.74) is 1.80. The highest BCUT2D eigenvalue weighted by Gasteiger charge is 2.30. The van der Waals surface area contributed by atoms with E-state index < -0.39 is 5.91 Å². The molecule has 0 aromatic carbocycles. The molecule has 7 nitrogen and oxygen atoms in total. The van der Waals surface area contributed by atoms with Crippen LogP contribution in [0, 0.1) is 17.8 Å². The van der Waals surface area contributed by atoms with Crippen molar-refractivity contribution in [1.82, 2.24) is 20.8 Å². The lowest BCUT2D eigenvalue weighted by Gasteiger charge is -2.16. The molecule has 1 aromatic rings. The van der Waals surface area contributed by atoms with Crippen LogP contribution < -0.4 is 15.7 Å². The minimum Gasteiger partial charge on any atom is -0.340 e. The standard InChI is InChI=1S/C12H19N5O2.C8H12.C4H8.2C2H6/c1-8-6-17(7-10(8)3-13-2)12-14-4-9(5-15-12)11(18)16-19;1-4-6-7-8(3)5-2;1-3-4-2;2*1-2/h4-5,8,10,13,19H,3,6-7H2,1-2H3,(H,16,18);4-8H,1-2H2,3H3;3-4H,1-2H3;2*1-2H3/b;7-6-;4-3-;;. The summed E-state index contributed by atoms with van der Waals surface area (Å²) in [5.74, 6) is 1.65. The molecule has 3 unspecified atom stereocenters. The molecule has 0 radical (unpaired) electrons. The summed E-state index contributed by atoms with van der Waals surface area (Å²) in [7, 11) is 1.95. The van der Waals surface area contributed by atoms with Crippen molar-refractivity contribution in [2.24, 2.45) is 17.8 Å². The highest BCUT2D eigenvalue weighted by Crippen LogP contribution is 2.25. The van der Waals surface area contributed by atoms with Gasteiger partial charge in [0.2, 0.25) is 5.95 Å². The molecule has 0 aliphatic carbocycles. The van der Waals surface area contributed by atoms with E-state index >= 15 is 0 Å². The van der Waals surface area contributed by atoms with E-state index in [9.17, 15) is 4.79 Å². The molecule has 200 valence electrons. The summed E-state index contributed by atoms with van der Waals surface area (Å²) in [6, 6.07) is 0. The van der Waals surface area contributed by atoms with Gasteiger partial charge in [-0.05, 0) is 45.2 Å². The second-order valence-corrected chi connectivity index (χ2v) is 7.29. The first kappa shape index (κ1) is 36.8. The summed E-state index contributed by atoms with van der Waals surface area (Å²) in [4.78, 5) is 21.7. The fourth-order valence-corrected chi connectivity index (χ4v) is 2.72. The maximum Gasteiger partial charge on any atom is 0.277 e. The number of carbonyl (C=O) groups is 1. The molecule has 3 N–H and O–H groups in total. The van der Waals surface area contributed by atoms with Crippen molar-refractivity contribution in [3.05, 3.63) is 67.6 Å². The maximum absolute atomic E-state index is 11.2. The van der Waals surface area contributed by atoms with Crippen molar-refractivity contribution in [3.63, 3.8) is 0 Å². The lowest BCUT2D eigenvalue weighted by Crippen LogP contribution is -2.26. The van der Waals surface area contributed by atoms with Crippen LogP contribution in [0.4, 0.5) is 5.95 Å². The summed E-state index contributed by atoms with van der Waals surface area (Å²) in [6.45, 7) is 26.3. The zero-order chi connectivity index (χ0) is 27.6. The number of amides is 1. The number of hydrogen-bond acceptors (Lipinski definition) is 6. The van der Waals surface area contributed by atoms with Gasteiger partial charge in [0.15, 0.2) is 0 Å². The highest BCUT2D eigenvalue weighted by atomic mass is 16.5. The number of nitrogens with one attached hydrogen (secondary N) is 2. The zero-order valence-corrected chi connectivity index (χ0v) is 23.6. The first-order valence-corrected chi connectivity index (χ1v) is 12.5. The van der Waals surface area contributed by atoms with Crippen molar-refractivity contribution >= 4 is 11.9 Å². The molecule has 35 heavy (non-hydrogen) atoms. The molecular weight excluding hydrogens is 438 g/mol. The van der Waals surface area contributed by atoms with Gasteiger partial charge in [-0.25, -0.2) is 15.4 Å². The molecule has 1 aliphatic heterocycles. The number of carbonyl (C=O) groups excluding carboxylic acids is 1. The van der Waals surface area contributed by atoms with Crippen molar-refractivity contribution in [1.29, 1.82) is 0 Å². The Morgan fingerprint density at radius 1 is 1.17 bits per heavy atom. The van der Waals surface area contributed by atoms with Gasteiger partial charge in [0.1, 0.15) is 0 Å². The molecular formula is C28H51N5O2. The Morgan fingerprint density at radius 3 is 2.11 bits per heavy atom. The summed E-state index contributed by atoms with van der Waals surface area (Å²) >= 11 is 0. The molecule has 1 aliphatic rings. The number of anilines is 1. The fraction of sp³-hybridized carbons (Fsp3) is 0.536. The third kappa shape index (κ3) is 17.3. The molecule has 3 atom stereocenters. The quantitative estimate of drug-likeness (QED) is 0.186. The van der Waals surface area contributed by atoms with Gasteiger partial charge in [-0.3, -0.25) is 10.0 Å². The van der Waals surface area contributed by atoms with Gasteiger partial charge in [0, 0.05) is 25.5 Å². The summed E-state index contributed by atoms with van der Waals surface area (Å²) in [5, 5.41) is 11.7. The van der Waals surface area contributed by atoms with Crippen LogP contribution in [0.25, 0.3) is 0 Å². The Morgan fingerprint density at radius 2 is 1.71 bits per heavy atom. The first-order valence-electron chi connectivity index (χ1n) is 12.5. The third-order valence-corrected chi connectivity index (χ3v) is 4.77. The second-order valence-electron chi connectivity index (χ2n) is 7.29. The topological polar surface area (TPSA) is 90.4 Å². The third-order valence-electron chi connectivity index (χ3n) is 4.77. The Balaban J connectivity index is -0.000000533. The number of allylic oxidation sites excluding steroid dienone is 6. The van der Waals surface area contributed by atoms with Gasteiger partial charge in [-0.1, -0.05) is 84.6 Å². The van der Waals surface area contributed by atoms with Crippen molar-refractivity contribution in [2.75, 3.05) is 31.6 Å². The molecule has 1 aromatic heterocycles. The van der Waals surface area contributed by atoms with Crippen LogP contribution in [0.1, 0.15) is 65.7 Å². The normalized spacial score (nSPS) is 16.8. The van der Waals surface area contributed by atoms with Gasteiger partial charge in [-0.2, -0.15) is 0 Å². The second kappa shape index (κ2) is 25.8. The molecule has 0 saturated carbocycles. The van der Waals surface area contributed by atoms with E-state index in [0.29, 0.717) is 23.7 Å². The SMILES string of the molecule is C/C=C\C.C=C/C=C\C(C)C=C.CC.CC.CNCC1CN(c2ncc(C(=O)NO)cn2)CC1C. The Bertz CT molecular complexity index is 698.